The molecule has 0 rings (SSSR count). The van der Waals surface area contributed by atoms with Crippen LogP contribution in [0.2, 0.25) is 0 Å². The number of carbonyl (C=O) groups is 2. The maximum absolute atomic E-state index is 11.6. The van der Waals surface area contributed by atoms with Gasteiger partial charge in [0.05, 0.1) is 19.1 Å². The summed E-state index contributed by atoms with van der Waals surface area (Å²) in [5.41, 5.74) is 10.4. The van der Waals surface area contributed by atoms with Crippen LogP contribution in [-0.2, 0) is 9.59 Å². The minimum Gasteiger partial charge on any atom is -0.395 e. The fraction of sp³-hybridized carbons (Fsp3) is 0.778. The smallest absolute Gasteiger partial charge is 0.240 e. The van der Waals surface area contributed by atoms with Crippen molar-refractivity contribution in [3.63, 3.8) is 0 Å². The highest BCUT2D eigenvalue weighted by atomic mass is 16.3. The van der Waals surface area contributed by atoms with Gasteiger partial charge >= 0.3 is 0 Å². The number of aliphatic hydroxyl groups is 1. The summed E-state index contributed by atoms with van der Waals surface area (Å²) in [5, 5.41) is 8.75. The van der Waals surface area contributed by atoms with Crippen molar-refractivity contribution in [2.45, 2.75) is 25.8 Å². The molecule has 0 saturated heterocycles. The zero-order valence-electron chi connectivity index (χ0n) is 8.98. The van der Waals surface area contributed by atoms with Gasteiger partial charge in [-0.05, 0) is 6.42 Å². The molecule has 1 atom stereocenters. The highest BCUT2D eigenvalue weighted by molar-refractivity contribution is 5.87. The predicted molar refractivity (Wildman–Crippen MR) is 55.7 cm³/mol. The van der Waals surface area contributed by atoms with Crippen LogP contribution >= 0.6 is 0 Å². The molecule has 6 nitrogen and oxygen atoms in total. The Balaban J connectivity index is 4.27. The van der Waals surface area contributed by atoms with Gasteiger partial charge in [0, 0.05) is 13.1 Å². The molecule has 0 heterocycles. The summed E-state index contributed by atoms with van der Waals surface area (Å²) in [5.74, 6) is -0.944. The number of amides is 2. The number of nitrogens with zero attached hydrogens (tertiary/aromatic N) is 1. The molecule has 0 spiro atoms. The Bertz CT molecular complexity index is 215. The molecule has 88 valence electrons. The van der Waals surface area contributed by atoms with Crippen LogP contribution in [0.15, 0.2) is 0 Å². The van der Waals surface area contributed by atoms with Crippen molar-refractivity contribution in [1.29, 1.82) is 0 Å². The number of hydrogen-bond donors (Lipinski definition) is 3. The van der Waals surface area contributed by atoms with Crippen LogP contribution in [0.1, 0.15) is 19.8 Å². The summed E-state index contributed by atoms with van der Waals surface area (Å²) in [4.78, 5) is 23.7. The maximum atomic E-state index is 11.6. The van der Waals surface area contributed by atoms with Crippen LogP contribution in [0, 0.1) is 0 Å². The maximum Gasteiger partial charge on any atom is 0.240 e. The second-order valence-electron chi connectivity index (χ2n) is 3.33. The molecule has 1 unspecified atom stereocenters. The van der Waals surface area contributed by atoms with E-state index in [1.807, 2.05) is 6.92 Å². The zero-order valence-corrected chi connectivity index (χ0v) is 8.98. The van der Waals surface area contributed by atoms with Crippen LogP contribution in [0.5, 0.6) is 0 Å². The van der Waals surface area contributed by atoms with Crippen LogP contribution in [0.3, 0.4) is 0 Å². The van der Waals surface area contributed by atoms with Gasteiger partial charge in [0.25, 0.3) is 0 Å². The van der Waals surface area contributed by atoms with E-state index >= 15 is 0 Å². The molecule has 6 heteroatoms. The van der Waals surface area contributed by atoms with E-state index in [4.69, 9.17) is 16.6 Å². The van der Waals surface area contributed by atoms with Crippen LogP contribution < -0.4 is 11.5 Å². The van der Waals surface area contributed by atoms with E-state index < -0.39 is 11.9 Å². The van der Waals surface area contributed by atoms with Crippen LogP contribution in [-0.4, -0.2) is 47.6 Å². The lowest BCUT2D eigenvalue weighted by atomic mass is 10.2. The van der Waals surface area contributed by atoms with Gasteiger partial charge in [0.2, 0.25) is 11.8 Å². The molecule has 5 N–H and O–H groups in total. The first-order valence-corrected chi connectivity index (χ1v) is 4.96. The summed E-state index contributed by atoms with van der Waals surface area (Å²) in [6.07, 6.45) is 0.611. The number of rotatable bonds is 7. The molecule has 0 aliphatic rings. The first kappa shape index (κ1) is 13.9. The summed E-state index contributed by atoms with van der Waals surface area (Å²) in [7, 11) is 0. The molecule has 0 aromatic rings. The minimum atomic E-state index is -0.902. The van der Waals surface area contributed by atoms with Crippen molar-refractivity contribution in [2.75, 3.05) is 19.7 Å². The van der Waals surface area contributed by atoms with E-state index in [1.54, 1.807) is 0 Å². The molecule has 0 aliphatic carbocycles. The Morgan fingerprint density at radius 2 is 2.00 bits per heavy atom. The lowest BCUT2D eigenvalue weighted by molar-refractivity contribution is -0.135. The SMILES string of the molecule is CCCN(CCO)C(=O)C(N)CC(N)=O. The predicted octanol–water partition coefficient (Wildman–Crippen LogP) is -1.58. The van der Waals surface area contributed by atoms with Gasteiger partial charge in [0.15, 0.2) is 0 Å². The van der Waals surface area contributed by atoms with Gasteiger partial charge in [-0.3, -0.25) is 9.59 Å². The average molecular weight is 217 g/mol. The van der Waals surface area contributed by atoms with Gasteiger partial charge in [-0.2, -0.15) is 0 Å². The summed E-state index contributed by atoms with van der Waals surface area (Å²) in [6, 6.07) is -0.902. The monoisotopic (exact) mass is 217 g/mol. The normalized spacial score (nSPS) is 12.2. The molecular formula is C9H19N3O3. The van der Waals surface area contributed by atoms with Crippen molar-refractivity contribution in [3.05, 3.63) is 0 Å². The van der Waals surface area contributed by atoms with Gasteiger partial charge < -0.3 is 21.5 Å². The van der Waals surface area contributed by atoms with E-state index in [0.29, 0.717) is 6.54 Å². The Morgan fingerprint density at radius 3 is 2.40 bits per heavy atom. The fourth-order valence-corrected chi connectivity index (χ4v) is 1.26. The van der Waals surface area contributed by atoms with Crippen molar-refractivity contribution in [2.24, 2.45) is 11.5 Å². The topological polar surface area (TPSA) is 110 Å². The number of primary amides is 1. The third-order valence-electron chi connectivity index (χ3n) is 1.91. The Hall–Kier alpha value is -1.14. The van der Waals surface area contributed by atoms with Crippen LogP contribution in [0.4, 0.5) is 0 Å². The highest BCUT2D eigenvalue weighted by Crippen LogP contribution is 1.98. The number of aliphatic hydroxyl groups excluding tert-OH is 1. The number of nitrogens with two attached hydrogens (primary N) is 2. The second kappa shape index (κ2) is 7.19. The fourth-order valence-electron chi connectivity index (χ4n) is 1.26. The lowest BCUT2D eigenvalue weighted by Crippen LogP contribution is -2.46. The zero-order chi connectivity index (χ0) is 11.8. The van der Waals surface area contributed by atoms with Gasteiger partial charge in [-0.15, -0.1) is 0 Å². The number of hydrogen-bond acceptors (Lipinski definition) is 4. The largest absolute Gasteiger partial charge is 0.395 e. The second-order valence-corrected chi connectivity index (χ2v) is 3.33. The van der Waals surface area contributed by atoms with Crippen molar-refractivity contribution < 1.29 is 14.7 Å². The molecule has 0 radical (unpaired) electrons. The Labute approximate surface area is 89.2 Å². The third-order valence-corrected chi connectivity index (χ3v) is 1.91. The summed E-state index contributed by atoms with van der Waals surface area (Å²) in [6.45, 7) is 2.55. The van der Waals surface area contributed by atoms with Crippen LogP contribution in [0.25, 0.3) is 0 Å². The molecule has 0 saturated carbocycles. The molecule has 0 aromatic heterocycles. The minimum absolute atomic E-state index is 0.116. The van der Waals surface area contributed by atoms with E-state index in [1.165, 1.54) is 4.90 Å². The van der Waals surface area contributed by atoms with Crippen molar-refractivity contribution in [1.82, 2.24) is 4.90 Å². The first-order valence-electron chi connectivity index (χ1n) is 4.96. The standard InChI is InChI=1S/C9H19N3O3/c1-2-3-12(4-5-13)9(15)7(10)6-8(11)14/h7,13H,2-6,10H2,1H3,(H2,11,14). The summed E-state index contributed by atoms with van der Waals surface area (Å²) < 4.78 is 0. The van der Waals surface area contributed by atoms with E-state index in [-0.39, 0.29) is 25.5 Å². The van der Waals surface area contributed by atoms with E-state index in [9.17, 15) is 9.59 Å². The summed E-state index contributed by atoms with van der Waals surface area (Å²) >= 11 is 0. The molecule has 2 amide bonds. The molecule has 0 bridgehead atoms. The van der Waals surface area contributed by atoms with E-state index in [2.05, 4.69) is 0 Å². The lowest BCUT2D eigenvalue weighted by Gasteiger charge is -2.23. The molecule has 15 heavy (non-hydrogen) atoms. The molecule has 0 aliphatic heterocycles. The third kappa shape index (κ3) is 5.34. The first-order chi connectivity index (χ1) is 7.02. The van der Waals surface area contributed by atoms with Gasteiger partial charge in [0.1, 0.15) is 0 Å². The number of carbonyl (C=O) groups excluding carboxylic acids is 2. The molecular weight excluding hydrogens is 198 g/mol. The molecule has 0 aromatic carbocycles. The van der Waals surface area contributed by atoms with Crippen molar-refractivity contribution in [3.8, 4) is 0 Å². The van der Waals surface area contributed by atoms with Crippen molar-refractivity contribution >= 4 is 11.8 Å². The highest BCUT2D eigenvalue weighted by Gasteiger charge is 2.21. The van der Waals surface area contributed by atoms with Gasteiger partial charge in [-0.25, -0.2) is 0 Å². The average Bonchev–Trinajstić information content (AvgIpc) is 2.15. The quantitative estimate of drug-likeness (QED) is 0.478. The Kier molecular flexibility index (Phi) is 6.64. The van der Waals surface area contributed by atoms with E-state index in [0.717, 1.165) is 6.42 Å². The Morgan fingerprint density at radius 1 is 1.40 bits per heavy atom. The molecule has 0 fully saturated rings. The van der Waals surface area contributed by atoms with Gasteiger partial charge in [-0.1, -0.05) is 6.92 Å².